The number of rotatable bonds is 7. The van der Waals surface area contributed by atoms with E-state index in [9.17, 15) is 14.0 Å². The fraction of sp³-hybridized carbons (Fsp3) is 0.385. The second kappa shape index (κ2) is 10.0. The van der Waals surface area contributed by atoms with Gasteiger partial charge in [0.25, 0.3) is 0 Å². The second-order valence-corrected chi connectivity index (χ2v) is 10.0. The number of benzene rings is 2. The van der Waals surface area contributed by atoms with Crippen LogP contribution >= 0.6 is 11.5 Å². The molecule has 0 aliphatic carbocycles. The Morgan fingerprint density at radius 3 is 2.64 bits per heavy atom. The summed E-state index contributed by atoms with van der Waals surface area (Å²) in [5.74, 6) is -2.24. The number of nitrogens with zero attached hydrogens (tertiary/aromatic N) is 3. The zero-order valence-corrected chi connectivity index (χ0v) is 20.8. The molecule has 3 heterocycles. The van der Waals surface area contributed by atoms with E-state index < -0.39 is 29.4 Å². The summed E-state index contributed by atoms with van der Waals surface area (Å²) in [4.78, 5) is 30.9. The van der Waals surface area contributed by atoms with E-state index in [0.717, 1.165) is 30.2 Å². The Morgan fingerprint density at radius 2 is 1.97 bits per heavy atom. The summed E-state index contributed by atoms with van der Waals surface area (Å²) in [5, 5.41) is 0.451. The topological polar surface area (TPSA) is 90.9 Å². The summed E-state index contributed by atoms with van der Waals surface area (Å²) in [7, 11) is 0. The maximum absolute atomic E-state index is 15.0. The van der Waals surface area contributed by atoms with Gasteiger partial charge in [0.05, 0.1) is 24.7 Å². The second-order valence-electron chi connectivity index (χ2n) is 9.29. The van der Waals surface area contributed by atoms with Gasteiger partial charge in [0.15, 0.2) is 29.5 Å². The van der Waals surface area contributed by atoms with Crippen molar-refractivity contribution in [1.82, 2.24) is 9.36 Å². The average Bonchev–Trinajstić information content (AvgIpc) is 3.62. The van der Waals surface area contributed by atoms with Gasteiger partial charge in [-0.2, -0.15) is 4.37 Å². The van der Waals surface area contributed by atoms with Gasteiger partial charge >= 0.3 is 5.97 Å². The summed E-state index contributed by atoms with van der Waals surface area (Å²) in [6.45, 7) is 5.84. The Balaban J connectivity index is 1.31. The Bertz CT molecular complexity index is 1270. The Labute approximate surface area is 212 Å². The average molecular weight is 512 g/mol. The molecule has 2 aliphatic rings. The van der Waals surface area contributed by atoms with E-state index >= 15 is 0 Å². The number of aldehydes is 1. The van der Waals surface area contributed by atoms with Gasteiger partial charge in [-0.1, -0.05) is 0 Å². The van der Waals surface area contributed by atoms with Gasteiger partial charge in [0, 0.05) is 29.9 Å². The van der Waals surface area contributed by atoms with Crippen molar-refractivity contribution in [3.8, 4) is 27.7 Å². The van der Waals surface area contributed by atoms with Gasteiger partial charge in [-0.3, -0.25) is 9.59 Å². The summed E-state index contributed by atoms with van der Waals surface area (Å²) < 4.78 is 35.6. The van der Waals surface area contributed by atoms with Crippen LogP contribution in [0.3, 0.4) is 0 Å². The fourth-order valence-electron chi connectivity index (χ4n) is 4.39. The van der Waals surface area contributed by atoms with Gasteiger partial charge in [-0.25, -0.2) is 9.37 Å². The molecule has 5 rings (SSSR count). The van der Waals surface area contributed by atoms with Crippen LogP contribution in [0.25, 0.3) is 22.0 Å². The SMILES string of the molecule is CC1(C)OCC(CC(=O)Oc2c(F)cc(-c3nc(-c4ccc(N5CCCC5)cc4)ns3)cc2C=O)O1. The number of carbonyl (C=O) groups is 2. The Kier molecular flexibility index (Phi) is 6.83. The molecule has 1 atom stereocenters. The minimum Gasteiger partial charge on any atom is -0.423 e. The highest BCUT2D eigenvalue weighted by atomic mass is 32.1. The van der Waals surface area contributed by atoms with E-state index in [1.165, 1.54) is 30.7 Å². The first-order valence-electron chi connectivity index (χ1n) is 11.8. The zero-order valence-electron chi connectivity index (χ0n) is 20.0. The molecular weight excluding hydrogens is 485 g/mol. The largest absolute Gasteiger partial charge is 0.423 e. The van der Waals surface area contributed by atoms with E-state index in [1.54, 1.807) is 13.8 Å². The molecule has 0 bridgehead atoms. The van der Waals surface area contributed by atoms with Crippen LogP contribution in [0.15, 0.2) is 36.4 Å². The summed E-state index contributed by atoms with van der Waals surface area (Å²) in [5.41, 5.74) is 2.31. The van der Waals surface area contributed by atoms with Gasteiger partial charge < -0.3 is 19.1 Å². The number of carbonyl (C=O) groups excluding carboxylic acids is 2. The number of aromatic nitrogens is 2. The minimum atomic E-state index is -0.835. The normalized spacial score (nSPS) is 19.0. The molecule has 0 spiro atoms. The third-order valence-corrected chi connectivity index (χ3v) is 6.91. The molecule has 2 aromatic carbocycles. The molecule has 2 aliphatic heterocycles. The van der Waals surface area contributed by atoms with Crippen LogP contribution in [0.5, 0.6) is 5.75 Å². The Morgan fingerprint density at radius 1 is 1.22 bits per heavy atom. The predicted octanol–water partition coefficient (Wildman–Crippen LogP) is 4.87. The van der Waals surface area contributed by atoms with Crippen LogP contribution in [0, 0.1) is 5.82 Å². The Hall–Kier alpha value is -3.21. The lowest BCUT2D eigenvalue weighted by Crippen LogP contribution is -2.24. The third kappa shape index (κ3) is 5.30. The van der Waals surface area contributed by atoms with Crippen molar-refractivity contribution in [3.05, 3.63) is 47.8 Å². The molecule has 0 radical (unpaired) electrons. The number of ether oxygens (including phenoxy) is 3. The lowest BCUT2D eigenvalue weighted by Gasteiger charge is -2.17. The highest BCUT2D eigenvalue weighted by molar-refractivity contribution is 7.09. The van der Waals surface area contributed by atoms with Gasteiger partial charge in [-0.15, -0.1) is 0 Å². The van der Waals surface area contributed by atoms with Crippen molar-refractivity contribution in [1.29, 1.82) is 0 Å². The van der Waals surface area contributed by atoms with E-state index in [0.29, 0.717) is 22.7 Å². The molecule has 3 aromatic rings. The van der Waals surface area contributed by atoms with Gasteiger partial charge in [-0.05, 0) is 74.6 Å². The zero-order chi connectivity index (χ0) is 25.3. The van der Waals surface area contributed by atoms with E-state index in [-0.39, 0.29) is 18.6 Å². The van der Waals surface area contributed by atoms with Gasteiger partial charge in [0.1, 0.15) is 5.01 Å². The maximum atomic E-state index is 15.0. The van der Waals surface area contributed by atoms with Crippen molar-refractivity contribution in [3.63, 3.8) is 0 Å². The number of anilines is 1. The number of hydrogen-bond acceptors (Lipinski definition) is 9. The molecule has 188 valence electrons. The number of halogens is 1. The van der Waals surface area contributed by atoms with Crippen molar-refractivity contribution in [2.45, 2.75) is 45.0 Å². The van der Waals surface area contributed by atoms with Gasteiger partial charge in [0.2, 0.25) is 0 Å². The van der Waals surface area contributed by atoms with E-state index in [1.807, 2.05) is 12.1 Å². The molecule has 2 fully saturated rings. The monoisotopic (exact) mass is 511 g/mol. The van der Waals surface area contributed by atoms with Crippen LogP contribution in [0.2, 0.25) is 0 Å². The lowest BCUT2D eigenvalue weighted by molar-refractivity contribution is -0.148. The smallest absolute Gasteiger partial charge is 0.314 e. The molecule has 2 saturated heterocycles. The molecular formula is C26H26FN3O5S. The molecule has 0 amide bonds. The number of hydrogen-bond donors (Lipinski definition) is 0. The van der Waals surface area contributed by atoms with Crippen LogP contribution in [-0.4, -0.2) is 53.2 Å². The first kappa shape index (κ1) is 24.5. The summed E-state index contributed by atoms with van der Waals surface area (Å²) in [6.07, 6.45) is 2.24. The van der Waals surface area contributed by atoms with E-state index in [2.05, 4.69) is 26.4 Å². The minimum absolute atomic E-state index is 0.0889. The first-order chi connectivity index (χ1) is 17.3. The van der Waals surface area contributed by atoms with Crippen LogP contribution < -0.4 is 9.64 Å². The molecule has 10 heteroatoms. The van der Waals surface area contributed by atoms with Crippen molar-refractivity contribution < 1.29 is 28.2 Å². The highest BCUT2D eigenvalue weighted by Crippen LogP contribution is 2.33. The molecule has 0 N–H and O–H groups in total. The quantitative estimate of drug-likeness (QED) is 0.252. The van der Waals surface area contributed by atoms with Crippen LogP contribution in [0.1, 0.15) is 43.5 Å². The molecule has 1 unspecified atom stereocenters. The lowest BCUT2D eigenvalue weighted by atomic mass is 10.1. The van der Waals surface area contributed by atoms with Crippen LogP contribution in [-0.2, 0) is 14.3 Å². The van der Waals surface area contributed by atoms with Crippen molar-refractivity contribution >= 4 is 29.5 Å². The van der Waals surface area contributed by atoms with Crippen LogP contribution in [0.4, 0.5) is 10.1 Å². The number of esters is 1. The molecule has 36 heavy (non-hydrogen) atoms. The maximum Gasteiger partial charge on any atom is 0.314 e. The standard InChI is InChI=1S/C26H26FN3O5S/c1-26(2)33-15-20(35-26)13-22(32)34-23-18(14-31)11-17(12-21(23)27)25-28-24(29-36-25)16-5-7-19(8-6-16)30-9-3-4-10-30/h5-8,11-12,14,20H,3-4,9-10,13,15H2,1-2H3. The summed E-state index contributed by atoms with van der Waals surface area (Å²) >= 11 is 1.10. The fourth-order valence-corrected chi connectivity index (χ4v) is 5.06. The van der Waals surface area contributed by atoms with Crippen molar-refractivity contribution in [2.24, 2.45) is 0 Å². The molecule has 8 nitrogen and oxygen atoms in total. The van der Waals surface area contributed by atoms with E-state index in [4.69, 9.17) is 14.2 Å². The molecule has 0 saturated carbocycles. The van der Waals surface area contributed by atoms with Crippen molar-refractivity contribution in [2.75, 3.05) is 24.6 Å². The highest BCUT2D eigenvalue weighted by Gasteiger charge is 2.34. The molecule has 1 aromatic heterocycles. The predicted molar refractivity (Wildman–Crippen MR) is 133 cm³/mol. The first-order valence-corrected chi connectivity index (χ1v) is 12.6. The summed E-state index contributed by atoms with van der Waals surface area (Å²) in [6, 6.07) is 10.7. The third-order valence-electron chi connectivity index (χ3n) is 6.15.